The molecule has 0 aliphatic rings. The fourth-order valence-electron chi connectivity index (χ4n) is 1.66. The minimum Gasteiger partial charge on any atom is -0.364 e. The van der Waals surface area contributed by atoms with Crippen molar-refractivity contribution in [1.29, 1.82) is 0 Å². The number of hydrogen-bond acceptors (Lipinski definition) is 6. The first-order chi connectivity index (χ1) is 9.74. The quantitative estimate of drug-likeness (QED) is 0.594. The van der Waals surface area contributed by atoms with E-state index in [-0.39, 0.29) is 11.6 Å². The third-order valence-electron chi connectivity index (χ3n) is 2.47. The van der Waals surface area contributed by atoms with E-state index in [1.54, 1.807) is 0 Å². The molecule has 0 fully saturated rings. The smallest absolute Gasteiger partial charge is 0.364 e. The lowest BCUT2D eigenvalue weighted by molar-refractivity contribution is -0.383. The maximum Gasteiger partial charge on any atom is 0.391 e. The van der Waals surface area contributed by atoms with E-state index in [0.29, 0.717) is 13.0 Å². The highest BCUT2D eigenvalue weighted by Crippen LogP contribution is 2.30. The molecule has 1 rings (SSSR count). The van der Waals surface area contributed by atoms with Crippen molar-refractivity contribution < 1.29 is 18.1 Å². The molecule has 0 aliphatic carbocycles. The van der Waals surface area contributed by atoms with Crippen molar-refractivity contribution >= 4 is 17.3 Å². The van der Waals surface area contributed by atoms with Gasteiger partial charge in [0.1, 0.15) is 6.33 Å². The average Bonchev–Trinajstić information content (AvgIpc) is 2.33. The van der Waals surface area contributed by atoms with Crippen LogP contribution >= 0.6 is 0 Å². The SMILES string of the molecule is CCCNc1ncnc(NC(C)CC(F)(F)F)c1[N+](=O)[O-]. The molecule has 2 N–H and O–H groups in total. The number of nitrogens with zero attached hydrogens (tertiary/aromatic N) is 3. The maximum atomic E-state index is 12.3. The van der Waals surface area contributed by atoms with Gasteiger partial charge in [0.15, 0.2) is 0 Å². The van der Waals surface area contributed by atoms with Gasteiger partial charge in [-0.05, 0) is 13.3 Å². The van der Waals surface area contributed by atoms with E-state index in [2.05, 4.69) is 20.6 Å². The van der Waals surface area contributed by atoms with E-state index in [9.17, 15) is 23.3 Å². The molecule has 0 amide bonds. The molecule has 1 aromatic rings. The molecular weight excluding hydrogens is 291 g/mol. The summed E-state index contributed by atoms with van der Waals surface area (Å²) < 4.78 is 36.9. The van der Waals surface area contributed by atoms with Gasteiger partial charge in [0.05, 0.1) is 11.3 Å². The molecule has 7 nitrogen and oxygen atoms in total. The highest BCUT2D eigenvalue weighted by Gasteiger charge is 2.31. The Morgan fingerprint density at radius 3 is 2.52 bits per heavy atom. The topological polar surface area (TPSA) is 93.0 Å². The van der Waals surface area contributed by atoms with Gasteiger partial charge in [-0.15, -0.1) is 0 Å². The van der Waals surface area contributed by atoms with E-state index in [1.807, 2.05) is 6.92 Å². The zero-order chi connectivity index (χ0) is 16.0. The van der Waals surface area contributed by atoms with E-state index >= 15 is 0 Å². The Morgan fingerprint density at radius 1 is 1.38 bits per heavy atom. The van der Waals surface area contributed by atoms with Crippen molar-refractivity contribution in [2.75, 3.05) is 17.2 Å². The second-order valence-corrected chi connectivity index (χ2v) is 4.47. The molecular formula is C11H16F3N5O2. The molecule has 0 radical (unpaired) electrons. The molecule has 1 atom stereocenters. The number of anilines is 2. The molecule has 1 heterocycles. The number of nitrogens with one attached hydrogen (secondary N) is 2. The largest absolute Gasteiger partial charge is 0.391 e. The minimum atomic E-state index is -4.36. The van der Waals surface area contributed by atoms with Crippen LogP contribution in [0.1, 0.15) is 26.7 Å². The fourth-order valence-corrected chi connectivity index (χ4v) is 1.66. The summed E-state index contributed by atoms with van der Waals surface area (Å²) >= 11 is 0. The van der Waals surface area contributed by atoms with Crippen LogP contribution in [0.4, 0.5) is 30.5 Å². The molecule has 21 heavy (non-hydrogen) atoms. The summed E-state index contributed by atoms with van der Waals surface area (Å²) in [7, 11) is 0. The minimum absolute atomic E-state index is 0.0152. The molecule has 10 heteroatoms. The molecule has 0 bridgehead atoms. The summed E-state index contributed by atoms with van der Waals surface area (Å²) in [6, 6.07) is -1.04. The van der Waals surface area contributed by atoms with E-state index < -0.39 is 29.2 Å². The first-order valence-corrected chi connectivity index (χ1v) is 6.31. The zero-order valence-corrected chi connectivity index (χ0v) is 11.6. The van der Waals surface area contributed by atoms with Crippen LogP contribution in [0.3, 0.4) is 0 Å². The zero-order valence-electron chi connectivity index (χ0n) is 11.6. The number of aromatic nitrogens is 2. The number of halogens is 3. The van der Waals surface area contributed by atoms with E-state index in [1.165, 1.54) is 6.92 Å². The standard InChI is InChI=1S/C11H16F3N5O2/c1-3-4-15-9-8(19(20)21)10(17-6-16-9)18-7(2)5-11(12,13)14/h6-7H,3-5H2,1-2H3,(H2,15,16,17,18). The predicted molar refractivity (Wildman–Crippen MR) is 71.2 cm³/mol. The van der Waals surface area contributed by atoms with E-state index in [4.69, 9.17) is 0 Å². The summed E-state index contributed by atoms with van der Waals surface area (Å²) in [5, 5.41) is 16.3. The van der Waals surface area contributed by atoms with Crippen molar-refractivity contribution in [2.24, 2.45) is 0 Å². The third-order valence-corrected chi connectivity index (χ3v) is 2.47. The van der Waals surface area contributed by atoms with Crippen LogP contribution in [0, 0.1) is 10.1 Å². The number of nitro groups is 1. The average molecular weight is 307 g/mol. The molecule has 0 aliphatic heterocycles. The summed E-state index contributed by atoms with van der Waals surface area (Å²) in [5.74, 6) is -0.246. The molecule has 0 saturated heterocycles. The maximum absolute atomic E-state index is 12.3. The third kappa shape index (κ3) is 5.40. The second-order valence-electron chi connectivity index (χ2n) is 4.47. The number of rotatable bonds is 7. The summed E-state index contributed by atoms with van der Waals surface area (Å²) in [6.07, 6.45) is -3.70. The van der Waals surface area contributed by atoms with Gasteiger partial charge in [-0.3, -0.25) is 10.1 Å². The lowest BCUT2D eigenvalue weighted by Gasteiger charge is -2.16. The number of hydrogen-bond donors (Lipinski definition) is 2. The van der Waals surface area contributed by atoms with Crippen molar-refractivity contribution in [1.82, 2.24) is 9.97 Å². The van der Waals surface area contributed by atoms with Crippen LogP contribution in [0.5, 0.6) is 0 Å². The van der Waals surface area contributed by atoms with Crippen molar-refractivity contribution in [3.05, 3.63) is 16.4 Å². The Kier molecular flexibility index (Phi) is 5.68. The second kappa shape index (κ2) is 7.04. The highest BCUT2D eigenvalue weighted by atomic mass is 19.4. The van der Waals surface area contributed by atoms with Crippen LogP contribution in [0.2, 0.25) is 0 Å². The fraction of sp³-hybridized carbons (Fsp3) is 0.636. The summed E-state index contributed by atoms with van der Waals surface area (Å²) in [5.41, 5.74) is -0.458. The Hall–Kier alpha value is -2.13. The lowest BCUT2D eigenvalue weighted by atomic mass is 10.2. The van der Waals surface area contributed by atoms with Gasteiger partial charge < -0.3 is 10.6 Å². The summed E-state index contributed by atoms with van der Waals surface area (Å²) in [6.45, 7) is 3.60. The van der Waals surface area contributed by atoms with Crippen LogP contribution in [0.15, 0.2) is 6.33 Å². The first-order valence-electron chi connectivity index (χ1n) is 6.31. The first kappa shape index (κ1) is 16.9. The Balaban J connectivity index is 2.98. The molecule has 0 aromatic carbocycles. The van der Waals surface area contributed by atoms with Crippen LogP contribution in [-0.4, -0.2) is 33.7 Å². The monoisotopic (exact) mass is 307 g/mol. The van der Waals surface area contributed by atoms with Gasteiger partial charge in [-0.2, -0.15) is 13.2 Å². The van der Waals surface area contributed by atoms with Gasteiger partial charge in [-0.1, -0.05) is 6.92 Å². The Bertz CT molecular complexity index is 495. The van der Waals surface area contributed by atoms with Crippen LogP contribution < -0.4 is 10.6 Å². The van der Waals surface area contributed by atoms with Gasteiger partial charge >= 0.3 is 11.9 Å². The van der Waals surface area contributed by atoms with E-state index in [0.717, 1.165) is 6.33 Å². The van der Waals surface area contributed by atoms with Gasteiger partial charge in [0.2, 0.25) is 11.6 Å². The normalized spacial score (nSPS) is 12.8. The Labute approximate surface area is 119 Å². The van der Waals surface area contributed by atoms with Gasteiger partial charge in [0, 0.05) is 12.6 Å². The van der Waals surface area contributed by atoms with Gasteiger partial charge in [0.25, 0.3) is 0 Å². The molecule has 0 spiro atoms. The van der Waals surface area contributed by atoms with Gasteiger partial charge in [-0.25, -0.2) is 9.97 Å². The predicted octanol–water partition coefficient (Wildman–Crippen LogP) is 2.96. The van der Waals surface area contributed by atoms with Crippen LogP contribution in [0.25, 0.3) is 0 Å². The summed E-state index contributed by atoms with van der Waals surface area (Å²) in [4.78, 5) is 17.8. The Morgan fingerprint density at radius 2 is 2.00 bits per heavy atom. The molecule has 0 saturated carbocycles. The van der Waals surface area contributed by atoms with Crippen molar-refractivity contribution in [3.63, 3.8) is 0 Å². The van der Waals surface area contributed by atoms with Crippen LogP contribution in [-0.2, 0) is 0 Å². The van der Waals surface area contributed by atoms with Crippen molar-refractivity contribution in [2.45, 2.75) is 38.9 Å². The number of alkyl halides is 3. The van der Waals surface area contributed by atoms with Crippen molar-refractivity contribution in [3.8, 4) is 0 Å². The lowest BCUT2D eigenvalue weighted by Crippen LogP contribution is -2.25. The highest BCUT2D eigenvalue weighted by molar-refractivity contribution is 5.69. The molecule has 118 valence electrons. The molecule has 1 aromatic heterocycles. The molecule has 1 unspecified atom stereocenters.